The van der Waals surface area contributed by atoms with Crippen LogP contribution in [0.15, 0.2) is 36.5 Å². The van der Waals surface area contributed by atoms with Gasteiger partial charge in [0.25, 0.3) is 0 Å². The summed E-state index contributed by atoms with van der Waals surface area (Å²) in [7, 11) is 0. The second kappa shape index (κ2) is 6.41. The number of nitrogens with one attached hydrogen (secondary N) is 1. The molecule has 2 aliphatic rings. The van der Waals surface area contributed by atoms with E-state index < -0.39 is 0 Å². The van der Waals surface area contributed by atoms with E-state index in [1.54, 1.807) is 0 Å². The predicted molar refractivity (Wildman–Crippen MR) is 103 cm³/mol. The molecule has 5 nitrogen and oxygen atoms in total. The number of carbonyl (C=O) groups excluding carboxylic acids is 1. The highest BCUT2D eigenvalue weighted by molar-refractivity contribution is 5.79. The summed E-state index contributed by atoms with van der Waals surface area (Å²) in [5.74, 6) is 0.910. The van der Waals surface area contributed by atoms with Crippen molar-refractivity contribution in [3.63, 3.8) is 0 Å². The highest BCUT2D eigenvalue weighted by Crippen LogP contribution is 2.40. The van der Waals surface area contributed by atoms with E-state index in [1.165, 1.54) is 17.5 Å². The predicted octanol–water partition coefficient (Wildman–Crippen LogP) is 3.37. The Balaban J connectivity index is 1.74. The van der Waals surface area contributed by atoms with Gasteiger partial charge in [-0.3, -0.25) is 4.79 Å². The Labute approximate surface area is 158 Å². The molecule has 138 valence electrons. The molecule has 1 N–H and O–H groups in total. The summed E-state index contributed by atoms with van der Waals surface area (Å²) in [6, 6.07) is 10.5. The number of amides is 1. The molecule has 3 heterocycles. The lowest BCUT2D eigenvalue weighted by atomic mass is 9.88. The Morgan fingerprint density at radius 1 is 1.26 bits per heavy atom. The summed E-state index contributed by atoms with van der Waals surface area (Å²) < 4.78 is 8.16. The van der Waals surface area contributed by atoms with Crippen LogP contribution in [0, 0.1) is 0 Å². The molecule has 0 unspecified atom stereocenters. The first-order valence-corrected chi connectivity index (χ1v) is 9.75. The van der Waals surface area contributed by atoms with E-state index in [9.17, 15) is 4.79 Å². The summed E-state index contributed by atoms with van der Waals surface area (Å²) >= 11 is 0. The topological polar surface area (TPSA) is 55.6 Å². The molecule has 0 radical (unpaired) electrons. The number of pyridine rings is 1. The van der Waals surface area contributed by atoms with Gasteiger partial charge < -0.3 is 14.5 Å². The highest BCUT2D eigenvalue weighted by atomic mass is 16.5. The van der Waals surface area contributed by atoms with Crippen molar-refractivity contribution in [3.8, 4) is 5.75 Å². The molecule has 5 rings (SSSR count). The zero-order chi connectivity index (χ0) is 18.4. The molecule has 0 saturated carbocycles. The molecule has 0 fully saturated rings. The van der Waals surface area contributed by atoms with Gasteiger partial charge in [0.15, 0.2) is 0 Å². The molecule has 1 aromatic carbocycles. The van der Waals surface area contributed by atoms with Crippen LogP contribution in [0.4, 0.5) is 0 Å². The van der Waals surface area contributed by atoms with Crippen molar-refractivity contribution in [1.82, 2.24) is 14.7 Å². The molecular formula is C22H23N3O2. The van der Waals surface area contributed by atoms with Crippen LogP contribution in [-0.4, -0.2) is 21.9 Å². The lowest BCUT2D eigenvalue weighted by Crippen LogP contribution is -2.21. The number of carbonyl (C=O) groups is 1. The van der Waals surface area contributed by atoms with Crippen molar-refractivity contribution in [1.29, 1.82) is 0 Å². The monoisotopic (exact) mass is 361 g/mol. The van der Waals surface area contributed by atoms with Gasteiger partial charge in [0.1, 0.15) is 11.4 Å². The molecule has 1 aliphatic carbocycles. The fourth-order valence-corrected chi connectivity index (χ4v) is 4.53. The van der Waals surface area contributed by atoms with Gasteiger partial charge in [0, 0.05) is 24.1 Å². The van der Waals surface area contributed by atoms with Gasteiger partial charge in [-0.05, 0) is 55.5 Å². The van der Waals surface area contributed by atoms with E-state index in [4.69, 9.17) is 9.72 Å². The average Bonchev–Trinajstić information content (AvgIpc) is 3.24. The fourth-order valence-electron chi connectivity index (χ4n) is 4.53. The van der Waals surface area contributed by atoms with Crippen LogP contribution in [0.2, 0.25) is 0 Å². The Bertz CT molecular complexity index is 1040. The second-order valence-corrected chi connectivity index (χ2v) is 7.35. The highest BCUT2D eigenvalue weighted by Gasteiger charge is 2.31. The van der Waals surface area contributed by atoms with Crippen LogP contribution in [0.25, 0.3) is 5.65 Å². The van der Waals surface area contributed by atoms with E-state index in [1.807, 2.05) is 31.3 Å². The minimum absolute atomic E-state index is 0.0608. The molecule has 0 spiro atoms. The molecule has 27 heavy (non-hydrogen) atoms. The van der Waals surface area contributed by atoms with E-state index >= 15 is 0 Å². The SMILES string of the molecule is CCOc1cc2c(cc1[C@@H]1CC(=O)NCc3nc4ccccn4c31)CCC2. The van der Waals surface area contributed by atoms with E-state index in [2.05, 4.69) is 21.9 Å². The van der Waals surface area contributed by atoms with Crippen molar-refractivity contribution in [2.75, 3.05) is 6.61 Å². The molecule has 0 saturated heterocycles. The fraction of sp³-hybridized carbons (Fsp3) is 0.364. The summed E-state index contributed by atoms with van der Waals surface area (Å²) in [6.45, 7) is 3.10. The second-order valence-electron chi connectivity index (χ2n) is 7.35. The minimum Gasteiger partial charge on any atom is -0.494 e. The van der Waals surface area contributed by atoms with Gasteiger partial charge in [0.05, 0.1) is 24.5 Å². The Kier molecular flexibility index (Phi) is 3.88. The normalized spacial score (nSPS) is 18.7. The number of benzene rings is 1. The molecule has 0 bridgehead atoms. The summed E-state index contributed by atoms with van der Waals surface area (Å²) in [5, 5.41) is 3.01. The third kappa shape index (κ3) is 2.69. The third-order valence-corrected chi connectivity index (χ3v) is 5.72. The molecule has 3 aromatic rings. The molecular weight excluding hydrogens is 338 g/mol. The number of rotatable bonds is 3. The standard InChI is InChI=1S/C22H23N3O2/c1-2-27-19-11-15-7-5-6-14(15)10-16(19)17-12-21(26)23-13-18-22(17)25-9-4-3-8-20(25)24-18/h3-4,8-11,17H,2,5-7,12-13H2,1H3,(H,23,26)/t17-/m0/s1. The van der Waals surface area contributed by atoms with E-state index in [0.717, 1.165) is 41.2 Å². The first kappa shape index (κ1) is 16.4. The van der Waals surface area contributed by atoms with Gasteiger partial charge >= 0.3 is 0 Å². The van der Waals surface area contributed by atoms with Crippen LogP contribution in [0.1, 0.15) is 53.8 Å². The number of imidazole rings is 1. The van der Waals surface area contributed by atoms with Crippen LogP contribution in [0.5, 0.6) is 5.75 Å². The number of hydrogen-bond acceptors (Lipinski definition) is 3. The lowest BCUT2D eigenvalue weighted by Gasteiger charge is -2.21. The summed E-state index contributed by atoms with van der Waals surface area (Å²) in [5.41, 5.74) is 6.86. The number of ether oxygens (including phenoxy) is 1. The Morgan fingerprint density at radius 3 is 2.96 bits per heavy atom. The zero-order valence-corrected chi connectivity index (χ0v) is 15.5. The minimum atomic E-state index is -0.0626. The van der Waals surface area contributed by atoms with Gasteiger partial charge in [-0.1, -0.05) is 12.1 Å². The quantitative estimate of drug-likeness (QED) is 0.778. The van der Waals surface area contributed by atoms with Gasteiger partial charge in [-0.15, -0.1) is 0 Å². The number of fused-ring (bicyclic) bond motifs is 4. The summed E-state index contributed by atoms with van der Waals surface area (Å²) in [4.78, 5) is 17.3. The van der Waals surface area contributed by atoms with Crippen LogP contribution in [-0.2, 0) is 24.2 Å². The van der Waals surface area contributed by atoms with Crippen molar-refractivity contribution in [3.05, 3.63) is 64.6 Å². The smallest absolute Gasteiger partial charge is 0.221 e. The maximum atomic E-state index is 12.5. The number of nitrogens with zero attached hydrogens (tertiary/aromatic N) is 2. The molecule has 2 aromatic heterocycles. The van der Waals surface area contributed by atoms with Crippen molar-refractivity contribution in [2.45, 2.75) is 45.1 Å². The van der Waals surface area contributed by atoms with Crippen LogP contribution >= 0.6 is 0 Å². The van der Waals surface area contributed by atoms with Gasteiger partial charge in [0.2, 0.25) is 5.91 Å². The summed E-state index contributed by atoms with van der Waals surface area (Å²) in [6.07, 6.45) is 5.86. The maximum absolute atomic E-state index is 12.5. The maximum Gasteiger partial charge on any atom is 0.221 e. The molecule has 1 aliphatic heterocycles. The number of aryl methyl sites for hydroxylation is 2. The number of aromatic nitrogens is 2. The van der Waals surface area contributed by atoms with Crippen molar-refractivity contribution >= 4 is 11.6 Å². The van der Waals surface area contributed by atoms with Crippen LogP contribution < -0.4 is 10.1 Å². The average molecular weight is 361 g/mol. The van der Waals surface area contributed by atoms with E-state index in [-0.39, 0.29) is 11.8 Å². The number of hydrogen-bond donors (Lipinski definition) is 1. The van der Waals surface area contributed by atoms with Gasteiger partial charge in [-0.25, -0.2) is 4.98 Å². The van der Waals surface area contributed by atoms with Crippen LogP contribution in [0.3, 0.4) is 0 Å². The van der Waals surface area contributed by atoms with Crippen molar-refractivity contribution < 1.29 is 9.53 Å². The zero-order valence-electron chi connectivity index (χ0n) is 15.5. The Morgan fingerprint density at radius 2 is 2.11 bits per heavy atom. The molecule has 1 amide bonds. The molecule has 1 atom stereocenters. The Hall–Kier alpha value is -2.82. The largest absolute Gasteiger partial charge is 0.494 e. The first-order valence-electron chi connectivity index (χ1n) is 9.75. The van der Waals surface area contributed by atoms with Crippen molar-refractivity contribution in [2.24, 2.45) is 0 Å². The van der Waals surface area contributed by atoms with Gasteiger partial charge in [-0.2, -0.15) is 0 Å². The molecule has 5 heteroatoms. The third-order valence-electron chi connectivity index (χ3n) is 5.72. The van der Waals surface area contributed by atoms with E-state index in [0.29, 0.717) is 19.6 Å². The first-order chi connectivity index (χ1) is 13.2. The lowest BCUT2D eigenvalue weighted by molar-refractivity contribution is -0.121.